The van der Waals surface area contributed by atoms with Gasteiger partial charge in [0.1, 0.15) is 11.7 Å². The molecule has 2 atom stereocenters. The zero-order valence-corrected chi connectivity index (χ0v) is 24.0. The van der Waals surface area contributed by atoms with Crippen LogP contribution >= 0.6 is 0 Å². The van der Waals surface area contributed by atoms with Crippen molar-refractivity contribution in [2.75, 3.05) is 13.2 Å². The van der Waals surface area contributed by atoms with Gasteiger partial charge in [0.15, 0.2) is 11.2 Å². The number of hydrogen-bond donors (Lipinski definition) is 0. The van der Waals surface area contributed by atoms with Gasteiger partial charge in [-0.05, 0) is 88.2 Å². The van der Waals surface area contributed by atoms with Gasteiger partial charge in [-0.15, -0.1) is 6.42 Å². The van der Waals surface area contributed by atoms with Crippen molar-refractivity contribution in [2.24, 2.45) is 11.3 Å². The number of carbonyl (C=O) groups is 4. The number of rotatable bonds is 7. The molecule has 0 N–H and O–H groups in total. The van der Waals surface area contributed by atoms with Crippen LogP contribution in [0.3, 0.4) is 0 Å². The van der Waals surface area contributed by atoms with E-state index in [1.807, 2.05) is 0 Å². The second-order valence-electron chi connectivity index (χ2n) is 9.02. The summed E-state index contributed by atoms with van der Waals surface area (Å²) >= 11 is 0. The van der Waals surface area contributed by atoms with E-state index in [0.717, 1.165) is 24.3 Å². The average molecular weight is 645 g/mol. The summed E-state index contributed by atoms with van der Waals surface area (Å²) in [6.45, 7) is 7.96. The molecule has 0 fully saturated rings. The fourth-order valence-electron chi connectivity index (χ4n) is 3.37. The summed E-state index contributed by atoms with van der Waals surface area (Å²) in [6.07, 6.45) is -2.30. The second-order valence-corrected chi connectivity index (χ2v) is 9.02. The van der Waals surface area contributed by atoms with Crippen molar-refractivity contribution in [2.45, 2.75) is 61.8 Å². The van der Waals surface area contributed by atoms with Crippen molar-refractivity contribution < 1.29 is 55.0 Å². The molecule has 248 valence electrons. The first-order valence-electron chi connectivity index (χ1n) is 12.8. The number of ketones is 2. The van der Waals surface area contributed by atoms with E-state index < -0.39 is 52.5 Å². The van der Waals surface area contributed by atoms with Gasteiger partial charge in [0, 0.05) is 5.56 Å². The summed E-state index contributed by atoms with van der Waals surface area (Å²) in [7, 11) is 0. The third-order valence-electron chi connectivity index (χ3n) is 6.01. The first-order chi connectivity index (χ1) is 19.9. The van der Waals surface area contributed by atoms with Crippen LogP contribution in [0.25, 0.3) is 5.57 Å². The summed E-state index contributed by atoms with van der Waals surface area (Å²) < 4.78 is 82.9. The molecule has 0 radical (unpaired) electrons. The maximum absolute atomic E-state index is 12.5. The van der Waals surface area contributed by atoms with Gasteiger partial charge in [-0.1, -0.05) is 32.9 Å². The molecule has 0 bridgehead atoms. The molecule has 2 aromatic rings. The van der Waals surface area contributed by atoms with Gasteiger partial charge in [0.2, 0.25) is 0 Å². The van der Waals surface area contributed by atoms with Crippen molar-refractivity contribution in [1.82, 2.24) is 0 Å². The van der Waals surface area contributed by atoms with Crippen molar-refractivity contribution in [1.29, 1.82) is 0 Å². The summed E-state index contributed by atoms with van der Waals surface area (Å²) in [5.74, 6) is -0.0565. The maximum Gasteiger partial charge on any atom is 0.416 e. The Bertz CT molecular complexity index is 1370. The zero-order valence-electron chi connectivity index (χ0n) is 24.0. The van der Waals surface area contributed by atoms with Gasteiger partial charge in [-0.25, -0.2) is 0 Å². The van der Waals surface area contributed by atoms with Crippen LogP contribution in [0.4, 0.5) is 26.3 Å². The number of halogens is 6. The highest BCUT2D eigenvalue weighted by Crippen LogP contribution is 2.52. The maximum atomic E-state index is 12.5. The molecule has 12 heteroatoms. The first kappa shape index (κ1) is 42.7. The highest BCUT2D eigenvalue weighted by Gasteiger charge is 2.57. The van der Waals surface area contributed by atoms with Crippen LogP contribution in [-0.4, -0.2) is 36.7 Å². The highest BCUT2D eigenvalue weighted by molar-refractivity contribution is 6.24. The van der Waals surface area contributed by atoms with Crippen molar-refractivity contribution >= 4 is 29.1 Å². The fraction of sp³-hybridized carbons (Fsp3) is 0.394. The molecular weight excluding hydrogens is 606 g/mol. The summed E-state index contributed by atoms with van der Waals surface area (Å²) in [5, 5.41) is 0. The minimum absolute atomic E-state index is 0. The van der Waals surface area contributed by atoms with Gasteiger partial charge < -0.3 is 9.47 Å². The lowest BCUT2D eigenvalue weighted by atomic mass is 9.92. The predicted octanol–water partition coefficient (Wildman–Crippen LogP) is 7.97. The number of benzene rings is 2. The molecule has 1 aliphatic carbocycles. The average Bonchev–Trinajstić information content (AvgIpc) is 3.70. The van der Waals surface area contributed by atoms with Crippen molar-refractivity contribution in [3.63, 3.8) is 0 Å². The minimum Gasteiger partial charge on any atom is -0.465 e. The Morgan fingerprint density at radius 3 is 1.56 bits per heavy atom. The third kappa shape index (κ3) is 11.9. The minimum atomic E-state index is -4.42. The van der Waals surface area contributed by atoms with E-state index in [4.69, 9.17) is 11.2 Å². The predicted molar refractivity (Wildman–Crippen MR) is 158 cm³/mol. The molecule has 45 heavy (non-hydrogen) atoms. The molecule has 1 aliphatic rings. The number of ether oxygens (including phenoxy) is 2. The molecule has 2 aromatic carbocycles. The van der Waals surface area contributed by atoms with Gasteiger partial charge in [-0.3, -0.25) is 19.2 Å². The topological polar surface area (TPSA) is 86.7 Å². The van der Waals surface area contributed by atoms with Crippen LogP contribution in [0, 0.1) is 23.7 Å². The zero-order chi connectivity index (χ0) is 33.2. The Labute approximate surface area is 259 Å². The van der Waals surface area contributed by atoms with Crippen LogP contribution in [0.15, 0.2) is 54.6 Å². The van der Waals surface area contributed by atoms with Gasteiger partial charge in [0.25, 0.3) is 0 Å². The molecule has 0 saturated carbocycles. The highest BCUT2D eigenvalue weighted by atomic mass is 19.4. The Balaban J connectivity index is 0. The molecule has 6 nitrogen and oxygen atoms in total. The molecule has 0 heterocycles. The summed E-state index contributed by atoms with van der Waals surface area (Å²) in [6, 6.07) is 8.81. The van der Waals surface area contributed by atoms with E-state index in [2.05, 4.69) is 10.7 Å². The standard InChI is InChI=1S/C15H13F3O3.C9H5F3.C7H12O3.2CH4/c1-3-21-13(20)14(9(2)19)8-12(14)10-4-6-11(7-5-10)15(16,17)18;1-2-7-3-5-8(6-4-7)9(10,11)12;1-4-10-7(9)5(2)6(3)8;;/h4-8H,3H2,1-2H3;1,3-6H;5H,4H2,1-3H3;2*1H4. The van der Waals surface area contributed by atoms with Crippen LogP contribution < -0.4 is 0 Å². The molecule has 0 aliphatic heterocycles. The summed E-state index contributed by atoms with van der Waals surface area (Å²) in [5.41, 5.74) is -1.65. The van der Waals surface area contributed by atoms with Crippen molar-refractivity contribution in [3.8, 4) is 12.3 Å². The largest absolute Gasteiger partial charge is 0.465 e. The monoisotopic (exact) mass is 644 g/mol. The van der Waals surface area contributed by atoms with Crippen LogP contribution in [-0.2, 0) is 41.0 Å². The van der Waals surface area contributed by atoms with E-state index >= 15 is 0 Å². The van der Waals surface area contributed by atoms with Gasteiger partial charge in [0.05, 0.1) is 24.3 Å². The Kier molecular flexibility index (Phi) is 16.9. The third-order valence-corrected chi connectivity index (χ3v) is 6.01. The second kappa shape index (κ2) is 17.8. The Morgan fingerprint density at radius 1 is 0.800 bits per heavy atom. The molecule has 0 saturated heterocycles. The van der Waals surface area contributed by atoms with Crippen LogP contribution in [0.5, 0.6) is 0 Å². The normalized spacial score (nSPS) is 15.3. The van der Waals surface area contributed by atoms with Crippen molar-refractivity contribution in [3.05, 3.63) is 76.9 Å². The quantitative estimate of drug-likeness (QED) is 0.132. The van der Waals surface area contributed by atoms with E-state index in [9.17, 15) is 45.5 Å². The van der Waals surface area contributed by atoms with Crippen LogP contribution in [0.2, 0.25) is 0 Å². The number of Topliss-reactive ketones (excluding diaryl/α,β-unsaturated/α-hetero) is 2. The molecular formula is C33H38F6O6. The van der Waals surface area contributed by atoms with E-state index in [1.54, 1.807) is 20.8 Å². The van der Waals surface area contributed by atoms with Crippen LogP contribution in [0.1, 0.15) is 71.7 Å². The lowest BCUT2D eigenvalue weighted by Crippen LogP contribution is -2.29. The summed E-state index contributed by atoms with van der Waals surface area (Å²) in [4.78, 5) is 44.9. The Morgan fingerprint density at radius 2 is 1.22 bits per heavy atom. The van der Waals surface area contributed by atoms with E-state index in [1.165, 1.54) is 44.2 Å². The SMILES string of the molecule is C.C.C#Cc1ccc(C(F)(F)F)cc1.CCOC(=O)C(C)C(C)=O.CCOC(=O)C1(C(C)=O)C=C1c1ccc(C(F)(F)F)cc1. The number of carbonyl (C=O) groups excluding carboxylic acids is 4. The van der Waals surface area contributed by atoms with Gasteiger partial charge >= 0.3 is 24.3 Å². The smallest absolute Gasteiger partial charge is 0.416 e. The van der Waals surface area contributed by atoms with E-state index in [0.29, 0.717) is 23.3 Å². The molecule has 0 amide bonds. The molecule has 0 spiro atoms. The van der Waals surface area contributed by atoms with E-state index in [-0.39, 0.29) is 27.2 Å². The molecule has 0 aromatic heterocycles. The first-order valence-corrected chi connectivity index (χ1v) is 12.8. The number of alkyl halides is 6. The van der Waals surface area contributed by atoms with Gasteiger partial charge in [-0.2, -0.15) is 26.3 Å². The molecule has 2 unspecified atom stereocenters. The fourth-order valence-corrected chi connectivity index (χ4v) is 3.37. The number of esters is 2. The number of hydrogen-bond acceptors (Lipinski definition) is 6. The molecule has 3 rings (SSSR count). The lowest BCUT2D eigenvalue weighted by molar-refractivity contribution is -0.152. The Hall–Kier alpha value is -4.40. The number of terminal acetylenes is 1. The lowest BCUT2D eigenvalue weighted by Gasteiger charge is -2.14.